The zero-order valence-corrected chi connectivity index (χ0v) is 8.64. The molecule has 15 heavy (non-hydrogen) atoms. The van der Waals surface area contributed by atoms with Gasteiger partial charge in [0, 0.05) is 13.5 Å². The number of ether oxygens (including phenoxy) is 1. The van der Waals surface area contributed by atoms with Gasteiger partial charge in [-0.2, -0.15) is 5.10 Å². The van der Waals surface area contributed by atoms with Crippen LogP contribution in [0.15, 0.2) is 6.20 Å². The van der Waals surface area contributed by atoms with Gasteiger partial charge in [-0.05, 0) is 19.3 Å². The van der Waals surface area contributed by atoms with Crippen LogP contribution in [0.4, 0.5) is 0 Å². The van der Waals surface area contributed by atoms with Crippen LogP contribution in [0.1, 0.15) is 48.6 Å². The first-order valence-corrected chi connectivity index (χ1v) is 5.09. The summed E-state index contributed by atoms with van der Waals surface area (Å²) < 4.78 is 5.56. The molecule has 0 radical (unpaired) electrons. The number of rotatable bonds is 2. The third-order valence-electron chi connectivity index (χ3n) is 2.40. The molecular weight excluding hydrogens is 194 g/mol. The molecule has 0 saturated carbocycles. The Hall–Kier alpha value is -1.36. The molecule has 5 heteroatoms. The van der Waals surface area contributed by atoms with Crippen LogP contribution in [0.3, 0.4) is 0 Å². The molecular formula is C10H13N3O2. The second-order valence-electron chi connectivity index (χ2n) is 3.62. The summed E-state index contributed by atoms with van der Waals surface area (Å²) in [4.78, 5) is 15.2. The summed E-state index contributed by atoms with van der Waals surface area (Å²) in [6.45, 7) is 2.19. The summed E-state index contributed by atoms with van der Waals surface area (Å²) in [5.74, 6) is 0.00170. The summed E-state index contributed by atoms with van der Waals surface area (Å²) >= 11 is 0. The lowest BCUT2D eigenvalue weighted by Crippen LogP contribution is -2.15. The molecule has 0 aliphatic carbocycles. The van der Waals surface area contributed by atoms with E-state index in [1.165, 1.54) is 6.92 Å². The molecule has 2 heterocycles. The van der Waals surface area contributed by atoms with Crippen molar-refractivity contribution in [3.63, 3.8) is 0 Å². The van der Waals surface area contributed by atoms with Crippen LogP contribution in [-0.4, -0.2) is 27.6 Å². The van der Waals surface area contributed by atoms with Crippen molar-refractivity contribution in [1.82, 2.24) is 15.2 Å². The number of hydrogen-bond acceptors (Lipinski definition) is 5. The molecule has 2 rings (SSSR count). The van der Waals surface area contributed by atoms with Crippen molar-refractivity contribution in [2.75, 3.05) is 6.61 Å². The number of Topliss-reactive ketones (excluding diaryl/α,β-unsaturated/α-hetero) is 1. The van der Waals surface area contributed by atoms with Crippen LogP contribution in [0.2, 0.25) is 0 Å². The number of nitrogens with zero attached hydrogens (tertiary/aromatic N) is 3. The molecule has 80 valence electrons. The number of ketones is 1. The maximum atomic E-state index is 11.1. The molecule has 1 atom stereocenters. The Morgan fingerprint density at radius 2 is 2.40 bits per heavy atom. The molecule has 0 amide bonds. The van der Waals surface area contributed by atoms with Crippen LogP contribution in [0, 0.1) is 0 Å². The predicted molar refractivity (Wildman–Crippen MR) is 52.4 cm³/mol. The molecule has 0 aromatic carbocycles. The van der Waals surface area contributed by atoms with E-state index in [-0.39, 0.29) is 17.7 Å². The van der Waals surface area contributed by atoms with E-state index in [0.29, 0.717) is 0 Å². The van der Waals surface area contributed by atoms with Crippen LogP contribution in [0.5, 0.6) is 0 Å². The van der Waals surface area contributed by atoms with Crippen molar-refractivity contribution in [1.29, 1.82) is 0 Å². The van der Waals surface area contributed by atoms with E-state index in [2.05, 4.69) is 15.2 Å². The first kappa shape index (κ1) is 10.2. The van der Waals surface area contributed by atoms with Gasteiger partial charge in [-0.3, -0.25) is 4.79 Å². The summed E-state index contributed by atoms with van der Waals surface area (Å²) in [5.41, 5.74) is 0.718. The molecule has 1 fully saturated rings. The van der Waals surface area contributed by atoms with Gasteiger partial charge in [-0.1, -0.05) is 0 Å². The molecule has 1 aliphatic rings. The van der Waals surface area contributed by atoms with Crippen molar-refractivity contribution in [2.24, 2.45) is 0 Å². The summed E-state index contributed by atoms with van der Waals surface area (Å²) in [6.07, 6.45) is 4.71. The Bertz CT molecular complexity index is 361. The van der Waals surface area contributed by atoms with Gasteiger partial charge >= 0.3 is 0 Å². The monoisotopic (exact) mass is 207 g/mol. The molecule has 1 aromatic rings. The highest BCUT2D eigenvalue weighted by molar-refractivity contribution is 5.89. The molecule has 5 nitrogen and oxygen atoms in total. The third kappa shape index (κ3) is 2.36. The molecule has 0 bridgehead atoms. The minimum Gasteiger partial charge on any atom is -0.372 e. The van der Waals surface area contributed by atoms with Crippen molar-refractivity contribution in [3.8, 4) is 0 Å². The quantitative estimate of drug-likeness (QED) is 0.684. The molecule has 1 unspecified atom stereocenters. The topological polar surface area (TPSA) is 65.0 Å². The van der Waals surface area contributed by atoms with Gasteiger partial charge in [-0.25, -0.2) is 4.98 Å². The second kappa shape index (κ2) is 4.44. The number of carbonyl (C=O) groups is 1. The smallest absolute Gasteiger partial charge is 0.217 e. The zero-order valence-electron chi connectivity index (χ0n) is 8.64. The maximum absolute atomic E-state index is 11.1. The Morgan fingerprint density at radius 1 is 1.53 bits per heavy atom. The lowest BCUT2D eigenvalue weighted by atomic mass is 10.1. The molecule has 1 aliphatic heterocycles. The van der Waals surface area contributed by atoms with Crippen LogP contribution >= 0.6 is 0 Å². The number of hydrogen-bond donors (Lipinski definition) is 0. The summed E-state index contributed by atoms with van der Waals surface area (Å²) in [5, 5.41) is 7.44. The molecule has 1 aromatic heterocycles. The highest BCUT2D eigenvalue weighted by Crippen LogP contribution is 2.25. The maximum Gasteiger partial charge on any atom is 0.217 e. The van der Waals surface area contributed by atoms with E-state index >= 15 is 0 Å². The van der Waals surface area contributed by atoms with Crippen LogP contribution < -0.4 is 0 Å². The van der Waals surface area contributed by atoms with Gasteiger partial charge in [0.25, 0.3) is 0 Å². The first-order chi connectivity index (χ1) is 7.27. The van der Waals surface area contributed by atoms with Gasteiger partial charge in [0.05, 0.1) is 11.9 Å². The van der Waals surface area contributed by atoms with Crippen molar-refractivity contribution < 1.29 is 9.53 Å². The fourth-order valence-corrected chi connectivity index (χ4v) is 1.59. The lowest BCUT2D eigenvalue weighted by Gasteiger charge is -2.21. The second-order valence-corrected chi connectivity index (χ2v) is 3.62. The zero-order chi connectivity index (χ0) is 10.7. The average molecular weight is 207 g/mol. The predicted octanol–water partition coefficient (Wildman–Crippen LogP) is 1.32. The lowest BCUT2D eigenvalue weighted by molar-refractivity contribution is 0.0118. The standard InChI is InChI=1S/C10H13N3O2/c1-7(14)10-12-8(6-11-13-10)9-4-2-3-5-15-9/h6,9H,2-5H2,1H3. The highest BCUT2D eigenvalue weighted by atomic mass is 16.5. The molecule has 0 N–H and O–H groups in total. The first-order valence-electron chi connectivity index (χ1n) is 5.09. The fourth-order valence-electron chi connectivity index (χ4n) is 1.59. The normalized spacial score (nSPS) is 21.3. The Kier molecular flexibility index (Phi) is 3.01. The largest absolute Gasteiger partial charge is 0.372 e. The van der Waals surface area contributed by atoms with Gasteiger partial charge < -0.3 is 4.74 Å². The van der Waals surface area contributed by atoms with Gasteiger partial charge in [0.2, 0.25) is 5.82 Å². The Balaban J connectivity index is 2.19. The summed E-state index contributed by atoms with van der Waals surface area (Å²) in [7, 11) is 0. The fraction of sp³-hybridized carbons (Fsp3) is 0.600. The van der Waals surface area contributed by atoms with Gasteiger partial charge in [0.15, 0.2) is 5.78 Å². The minimum atomic E-state index is -0.167. The van der Waals surface area contributed by atoms with Crippen LogP contribution in [-0.2, 0) is 4.74 Å². The highest BCUT2D eigenvalue weighted by Gasteiger charge is 2.19. The minimum absolute atomic E-state index is 0.0210. The van der Waals surface area contributed by atoms with Crippen LogP contribution in [0.25, 0.3) is 0 Å². The van der Waals surface area contributed by atoms with Crippen molar-refractivity contribution in [2.45, 2.75) is 32.3 Å². The van der Waals surface area contributed by atoms with E-state index in [1.807, 2.05) is 0 Å². The van der Waals surface area contributed by atoms with E-state index in [4.69, 9.17) is 4.74 Å². The SMILES string of the molecule is CC(=O)c1nncc(C2CCCCO2)n1. The van der Waals surface area contributed by atoms with Gasteiger partial charge in [-0.15, -0.1) is 5.10 Å². The number of aromatic nitrogens is 3. The average Bonchev–Trinajstić information content (AvgIpc) is 2.30. The van der Waals surface area contributed by atoms with E-state index in [9.17, 15) is 4.79 Å². The summed E-state index contributed by atoms with van der Waals surface area (Å²) in [6, 6.07) is 0. The van der Waals surface area contributed by atoms with E-state index in [0.717, 1.165) is 31.6 Å². The van der Waals surface area contributed by atoms with E-state index in [1.54, 1.807) is 6.20 Å². The number of carbonyl (C=O) groups excluding carboxylic acids is 1. The molecule has 0 spiro atoms. The van der Waals surface area contributed by atoms with Crippen molar-refractivity contribution in [3.05, 3.63) is 17.7 Å². The third-order valence-corrected chi connectivity index (χ3v) is 2.40. The Labute approximate surface area is 87.9 Å². The molecule has 1 saturated heterocycles. The van der Waals surface area contributed by atoms with Crippen molar-refractivity contribution >= 4 is 5.78 Å². The Morgan fingerprint density at radius 3 is 3.07 bits per heavy atom. The van der Waals surface area contributed by atoms with E-state index < -0.39 is 0 Å². The van der Waals surface area contributed by atoms with Gasteiger partial charge in [0.1, 0.15) is 6.10 Å².